The van der Waals surface area contributed by atoms with E-state index < -0.39 is 0 Å². The van der Waals surface area contributed by atoms with Crippen molar-refractivity contribution in [2.24, 2.45) is 5.10 Å². The van der Waals surface area contributed by atoms with E-state index >= 15 is 0 Å². The fourth-order valence-corrected chi connectivity index (χ4v) is 2.84. The van der Waals surface area contributed by atoms with Crippen molar-refractivity contribution in [3.63, 3.8) is 0 Å². The van der Waals surface area contributed by atoms with Crippen LogP contribution in [0.3, 0.4) is 0 Å². The molecule has 6 heteroatoms. The topological polar surface area (TPSA) is 79.4 Å². The number of rotatable bonds is 4. The molecule has 0 unspecified atom stereocenters. The highest BCUT2D eigenvalue weighted by molar-refractivity contribution is 6.28. The fourth-order valence-electron chi connectivity index (χ4n) is 2.84. The van der Waals surface area contributed by atoms with Gasteiger partial charge in [-0.05, 0) is 35.9 Å². The van der Waals surface area contributed by atoms with Crippen LogP contribution in [0, 0.1) is 0 Å². The molecule has 0 atom stereocenters. The van der Waals surface area contributed by atoms with Crippen molar-refractivity contribution in [1.82, 2.24) is 15.4 Å². The van der Waals surface area contributed by atoms with Gasteiger partial charge in [0.1, 0.15) is 11.4 Å². The Labute approximate surface area is 144 Å². The largest absolute Gasteiger partial charge is 0.497 e. The van der Waals surface area contributed by atoms with Crippen molar-refractivity contribution in [1.29, 1.82) is 0 Å². The lowest BCUT2D eigenvalue weighted by Crippen LogP contribution is -2.13. The number of aromatic nitrogens is 2. The minimum absolute atomic E-state index is 0.193. The molecule has 1 aromatic carbocycles. The number of carbonyl (C=O) groups is 1. The van der Waals surface area contributed by atoms with Gasteiger partial charge < -0.3 is 9.72 Å². The second-order valence-electron chi connectivity index (χ2n) is 5.73. The average Bonchev–Trinajstić information content (AvgIpc) is 3.21. The van der Waals surface area contributed by atoms with Crippen molar-refractivity contribution < 1.29 is 9.53 Å². The Morgan fingerprint density at radius 2 is 2.04 bits per heavy atom. The zero-order chi connectivity index (χ0) is 17.2. The molecule has 1 aliphatic heterocycles. The molecule has 3 heterocycles. The Kier molecular flexibility index (Phi) is 3.78. The standard InChI is InChI=1S/C19H16N4O2/c1-25-14-6-4-12(5-7-14)9-17-16(19(24)23-22-17)10-13-11-21-18-15(13)3-2-8-20-18/h2-8,10-11H,9H2,1H3,(H,20,21)(H,23,24)/b16-10-. The highest BCUT2D eigenvalue weighted by atomic mass is 16.5. The summed E-state index contributed by atoms with van der Waals surface area (Å²) in [5.41, 5.74) is 6.60. The molecule has 0 saturated heterocycles. The van der Waals surface area contributed by atoms with Crippen LogP contribution in [0.5, 0.6) is 5.75 Å². The number of hydrogen-bond acceptors (Lipinski definition) is 4. The first-order valence-corrected chi connectivity index (χ1v) is 7.88. The van der Waals surface area contributed by atoms with Crippen LogP contribution in [0.1, 0.15) is 11.1 Å². The summed E-state index contributed by atoms with van der Waals surface area (Å²) >= 11 is 0. The van der Waals surface area contributed by atoms with Crippen LogP contribution in [0.2, 0.25) is 0 Å². The van der Waals surface area contributed by atoms with Gasteiger partial charge in [-0.25, -0.2) is 10.4 Å². The Bertz CT molecular complexity index is 1000. The lowest BCUT2D eigenvalue weighted by Gasteiger charge is -2.04. The number of nitrogens with one attached hydrogen (secondary N) is 2. The van der Waals surface area contributed by atoms with E-state index in [4.69, 9.17) is 4.74 Å². The van der Waals surface area contributed by atoms with Crippen LogP contribution < -0.4 is 10.2 Å². The molecule has 1 aliphatic rings. The van der Waals surface area contributed by atoms with Crippen molar-refractivity contribution in [3.8, 4) is 5.75 Å². The molecule has 0 bridgehead atoms. The summed E-state index contributed by atoms with van der Waals surface area (Å²) in [5.74, 6) is 0.607. The quantitative estimate of drug-likeness (QED) is 0.721. The molecule has 6 nitrogen and oxygen atoms in total. The van der Waals surface area contributed by atoms with Gasteiger partial charge in [0.2, 0.25) is 0 Å². The van der Waals surface area contributed by atoms with Crippen LogP contribution in [-0.4, -0.2) is 28.7 Å². The Morgan fingerprint density at radius 3 is 2.84 bits per heavy atom. The maximum atomic E-state index is 12.2. The summed E-state index contributed by atoms with van der Waals surface area (Å²) in [7, 11) is 1.63. The second-order valence-corrected chi connectivity index (χ2v) is 5.73. The van der Waals surface area contributed by atoms with Crippen LogP contribution >= 0.6 is 0 Å². The number of methoxy groups -OCH3 is 1. The van der Waals surface area contributed by atoms with Gasteiger partial charge in [-0.1, -0.05) is 12.1 Å². The molecule has 2 aromatic heterocycles. The number of nitrogens with zero attached hydrogens (tertiary/aromatic N) is 2. The fraction of sp³-hybridized carbons (Fsp3) is 0.105. The molecule has 25 heavy (non-hydrogen) atoms. The van der Waals surface area contributed by atoms with E-state index in [-0.39, 0.29) is 5.91 Å². The van der Waals surface area contributed by atoms with E-state index in [1.807, 2.05) is 48.7 Å². The molecular formula is C19H16N4O2. The van der Waals surface area contributed by atoms with Crippen LogP contribution in [0.4, 0.5) is 0 Å². The van der Waals surface area contributed by atoms with E-state index in [9.17, 15) is 4.79 Å². The first kappa shape index (κ1) is 15.1. The third-order valence-corrected chi connectivity index (χ3v) is 4.16. The molecule has 0 saturated carbocycles. The summed E-state index contributed by atoms with van der Waals surface area (Å²) in [6.45, 7) is 0. The number of hydrazone groups is 1. The predicted octanol–water partition coefficient (Wildman–Crippen LogP) is 2.68. The van der Waals surface area contributed by atoms with Crippen LogP contribution in [0.25, 0.3) is 17.1 Å². The van der Waals surface area contributed by atoms with E-state index in [2.05, 4.69) is 20.5 Å². The molecule has 0 fully saturated rings. The Hall–Kier alpha value is -3.41. The van der Waals surface area contributed by atoms with E-state index in [0.717, 1.165) is 27.9 Å². The highest BCUT2D eigenvalue weighted by Gasteiger charge is 2.23. The molecule has 0 aliphatic carbocycles. The highest BCUT2D eigenvalue weighted by Crippen LogP contribution is 2.22. The summed E-state index contributed by atoms with van der Waals surface area (Å²) in [5, 5.41) is 5.16. The van der Waals surface area contributed by atoms with Crippen LogP contribution in [0.15, 0.2) is 59.5 Å². The van der Waals surface area contributed by atoms with E-state index in [0.29, 0.717) is 17.7 Å². The molecule has 4 rings (SSSR count). The van der Waals surface area contributed by atoms with Gasteiger partial charge in [-0.15, -0.1) is 0 Å². The smallest absolute Gasteiger partial charge is 0.273 e. The maximum absolute atomic E-state index is 12.2. The summed E-state index contributed by atoms with van der Waals surface area (Å²) < 4.78 is 5.17. The zero-order valence-corrected chi connectivity index (χ0v) is 13.6. The molecular weight excluding hydrogens is 316 g/mol. The summed E-state index contributed by atoms with van der Waals surface area (Å²) in [4.78, 5) is 19.6. The second kappa shape index (κ2) is 6.24. The molecule has 1 amide bonds. The predicted molar refractivity (Wildman–Crippen MR) is 96.3 cm³/mol. The van der Waals surface area contributed by atoms with E-state index in [1.165, 1.54) is 0 Å². The first-order valence-electron chi connectivity index (χ1n) is 7.88. The number of hydrogen-bond donors (Lipinski definition) is 2. The van der Waals surface area contributed by atoms with Gasteiger partial charge in [0.05, 0.1) is 18.4 Å². The number of amides is 1. The van der Waals surface area contributed by atoms with Gasteiger partial charge in [0.15, 0.2) is 0 Å². The van der Waals surface area contributed by atoms with Gasteiger partial charge in [-0.3, -0.25) is 4.79 Å². The molecule has 3 aromatic rings. The molecule has 0 spiro atoms. The minimum atomic E-state index is -0.193. The van der Waals surface area contributed by atoms with Crippen molar-refractivity contribution in [2.75, 3.05) is 7.11 Å². The zero-order valence-electron chi connectivity index (χ0n) is 13.6. The average molecular weight is 332 g/mol. The summed E-state index contributed by atoms with van der Waals surface area (Å²) in [6, 6.07) is 11.6. The van der Waals surface area contributed by atoms with Gasteiger partial charge >= 0.3 is 0 Å². The molecule has 2 N–H and O–H groups in total. The third kappa shape index (κ3) is 2.89. The van der Waals surface area contributed by atoms with Gasteiger partial charge in [0, 0.05) is 29.8 Å². The number of H-pyrrole nitrogens is 1. The van der Waals surface area contributed by atoms with Crippen molar-refractivity contribution >= 4 is 28.7 Å². The van der Waals surface area contributed by atoms with Gasteiger partial charge in [-0.2, -0.15) is 5.10 Å². The number of benzene rings is 1. The minimum Gasteiger partial charge on any atom is -0.497 e. The Morgan fingerprint density at radius 1 is 1.20 bits per heavy atom. The summed E-state index contributed by atoms with van der Waals surface area (Å²) in [6.07, 6.45) is 6.00. The Balaban J connectivity index is 1.65. The SMILES string of the molecule is COc1ccc(CC2=NNC(=O)/C2=C\c2c[nH]c3ncccc23)cc1. The number of fused-ring (bicyclic) bond motifs is 1. The number of ether oxygens (including phenoxy) is 1. The monoisotopic (exact) mass is 332 g/mol. The van der Waals surface area contributed by atoms with E-state index in [1.54, 1.807) is 13.3 Å². The lowest BCUT2D eigenvalue weighted by molar-refractivity contribution is -0.116. The molecule has 0 radical (unpaired) electrons. The lowest BCUT2D eigenvalue weighted by atomic mass is 10.0. The molecule has 124 valence electrons. The normalized spacial score (nSPS) is 15.5. The van der Waals surface area contributed by atoms with Crippen molar-refractivity contribution in [2.45, 2.75) is 6.42 Å². The van der Waals surface area contributed by atoms with Crippen molar-refractivity contribution in [3.05, 3.63) is 65.5 Å². The maximum Gasteiger partial charge on any atom is 0.273 e. The van der Waals surface area contributed by atoms with Gasteiger partial charge in [0.25, 0.3) is 5.91 Å². The number of pyridine rings is 1. The number of aromatic amines is 1. The first-order chi connectivity index (χ1) is 12.2. The number of carbonyl (C=O) groups excluding carboxylic acids is 1. The van der Waals surface area contributed by atoms with Crippen LogP contribution in [-0.2, 0) is 11.2 Å². The third-order valence-electron chi connectivity index (χ3n) is 4.16.